The highest BCUT2D eigenvalue weighted by Crippen LogP contribution is 2.35. The molecule has 9 heteroatoms. The van der Waals surface area contributed by atoms with E-state index in [1.807, 2.05) is 6.92 Å². The molecular weight excluding hydrogens is 416 g/mol. The van der Waals surface area contributed by atoms with Gasteiger partial charge in [0.05, 0.1) is 23.0 Å². The fourth-order valence-electron chi connectivity index (χ4n) is 3.30. The number of nitrogens with two attached hydrogens (primary N) is 1. The van der Waals surface area contributed by atoms with Crippen molar-refractivity contribution >= 4 is 23.1 Å². The summed E-state index contributed by atoms with van der Waals surface area (Å²) in [4.78, 5) is 16.8. The molecule has 1 saturated carbocycles. The second-order valence-electron chi connectivity index (χ2n) is 7.68. The molecule has 4 rings (SSSR count). The van der Waals surface area contributed by atoms with Gasteiger partial charge >= 0.3 is 0 Å². The van der Waals surface area contributed by atoms with E-state index in [0.717, 1.165) is 25.0 Å². The number of hydrogen-bond donors (Lipinski definition) is 3. The van der Waals surface area contributed by atoms with Crippen molar-refractivity contribution in [2.75, 3.05) is 11.1 Å². The normalized spacial score (nSPS) is 14.0. The number of rotatable bonds is 7. The number of carbonyl (C=O) groups is 1. The molecule has 7 nitrogen and oxygen atoms in total. The largest absolute Gasteiger partial charge is 0.487 e. The minimum absolute atomic E-state index is 0. The third kappa shape index (κ3) is 4.56. The van der Waals surface area contributed by atoms with Gasteiger partial charge in [-0.2, -0.15) is 0 Å². The average Bonchev–Trinajstić information content (AvgIpc) is 3.62. The Balaban J connectivity index is 0.00000204. The molecule has 1 aromatic heterocycles. The molecule has 4 N–H and O–H groups in total. The van der Waals surface area contributed by atoms with Gasteiger partial charge in [0, 0.05) is 20.2 Å². The maximum Gasteiger partial charge on any atom is 0.258 e. The second kappa shape index (κ2) is 8.70. The van der Waals surface area contributed by atoms with Crippen LogP contribution in [0, 0.1) is 23.1 Å². The van der Waals surface area contributed by atoms with Crippen molar-refractivity contribution in [3.05, 3.63) is 65.7 Å². The van der Waals surface area contributed by atoms with E-state index < -0.39 is 17.5 Å². The van der Waals surface area contributed by atoms with E-state index in [0.29, 0.717) is 17.2 Å². The Morgan fingerprint density at radius 1 is 1.22 bits per heavy atom. The first kappa shape index (κ1) is 21.4. The molecule has 168 valence electrons. The van der Waals surface area contributed by atoms with Gasteiger partial charge in [-0.05, 0) is 68.1 Å². The molecule has 1 fully saturated rings. The molecule has 1 aliphatic carbocycles. The Morgan fingerprint density at radius 2 is 2.00 bits per heavy atom. The molecule has 1 aliphatic rings. The highest BCUT2D eigenvalue weighted by atomic mass is 19.1. The number of anilines is 2. The lowest BCUT2D eigenvalue weighted by Gasteiger charge is -2.15. The molecule has 3 aromatic rings. The Morgan fingerprint density at radius 3 is 2.69 bits per heavy atom. The van der Waals surface area contributed by atoms with Crippen molar-refractivity contribution in [1.29, 1.82) is 5.53 Å². The lowest BCUT2D eigenvalue weighted by molar-refractivity contribution is 0.102. The fourth-order valence-corrected chi connectivity index (χ4v) is 3.30. The molecule has 32 heavy (non-hydrogen) atoms. The Labute approximate surface area is 186 Å². The number of ether oxygens (including phenoxy) is 1. The first-order valence-electron chi connectivity index (χ1n) is 10.1. The van der Waals surface area contributed by atoms with Gasteiger partial charge in [0.15, 0.2) is 17.4 Å². The summed E-state index contributed by atoms with van der Waals surface area (Å²) in [6.07, 6.45) is 2.08. The van der Waals surface area contributed by atoms with Crippen molar-refractivity contribution in [3.8, 4) is 17.0 Å². The number of carbonyl (C=O) groups excluding carboxylic acids is 1. The molecule has 1 atom stereocenters. The summed E-state index contributed by atoms with van der Waals surface area (Å²) in [5.74, 6) is -1.52. The van der Waals surface area contributed by atoms with Crippen LogP contribution in [0.15, 0.2) is 53.6 Å². The van der Waals surface area contributed by atoms with Crippen LogP contribution in [0.4, 0.5) is 26.0 Å². The molecular formula is C23H25F2N5O2. The van der Waals surface area contributed by atoms with E-state index in [2.05, 4.69) is 15.4 Å². The second-order valence-corrected chi connectivity index (χ2v) is 7.68. The number of nitrogens with one attached hydrogen (secondary N) is 2. The number of aromatic nitrogens is 1. The summed E-state index contributed by atoms with van der Waals surface area (Å²) in [5, 5.41) is 5.75. The van der Waals surface area contributed by atoms with Crippen LogP contribution in [0.3, 0.4) is 0 Å². The van der Waals surface area contributed by atoms with Crippen LogP contribution < -0.4 is 15.8 Å². The molecule has 0 aliphatic heterocycles. The standard InChI is InChI=1S/C23H21F2N5O2.2H2/c1-12(13-2-3-13)32-21-9-5-15(11-18(21)25)28-23(31)16-10-14(4-6-17(16)24)20-8-7-19(26)22(29-20)30-27;;/h4-13,27H,2-3,26H2,1H3,(H,28,31);2*1H. The van der Waals surface area contributed by atoms with Crippen LogP contribution >= 0.6 is 0 Å². The van der Waals surface area contributed by atoms with E-state index in [1.165, 1.54) is 30.3 Å². The van der Waals surface area contributed by atoms with E-state index in [-0.39, 0.29) is 37.5 Å². The highest BCUT2D eigenvalue weighted by Gasteiger charge is 2.30. The SMILES string of the molecule is CC(Oc1ccc(NC(=O)c2cc(-c3ccc(N)c(N=N)n3)ccc2F)cc1F)C1CC1.[HH].[HH]. The zero-order valence-electron chi connectivity index (χ0n) is 17.2. The van der Waals surface area contributed by atoms with Crippen molar-refractivity contribution in [2.45, 2.75) is 25.9 Å². The molecule has 0 bridgehead atoms. The molecule has 1 amide bonds. The lowest BCUT2D eigenvalue weighted by Crippen LogP contribution is -2.16. The van der Waals surface area contributed by atoms with Gasteiger partial charge in [0.1, 0.15) is 5.82 Å². The lowest BCUT2D eigenvalue weighted by atomic mass is 10.1. The number of hydrogen-bond acceptors (Lipinski definition) is 6. The highest BCUT2D eigenvalue weighted by molar-refractivity contribution is 6.05. The Hall–Kier alpha value is -3.88. The van der Waals surface area contributed by atoms with Crippen LogP contribution in [-0.2, 0) is 0 Å². The smallest absolute Gasteiger partial charge is 0.258 e. The monoisotopic (exact) mass is 441 g/mol. The van der Waals surface area contributed by atoms with Crippen LogP contribution in [0.5, 0.6) is 5.75 Å². The van der Waals surface area contributed by atoms with Gasteiger partial charge < -0.3 is 15.8 Å². The summed E-state index contributed by atoms with van der Waals surface area (Å²) >= 11 is 0. The summed E-state index contributed by atoms with van der Waals surface area (Å²) in [6, 6.07) is 11.1. The van der Waals surface area contributed by atoms with Crippen molar-refractivity contribution in [1.82, 2.24) is 4.98 Å². The van der Waals surface area contributed by atoms with E-state index in [4.69, 9.17) is 16.0 Å². The minimum Gasteiger partial charge on any atom is -0.487 e. The van der Waals surface area contributed by atoms with Crippen LogP contribution in [0.25, 0.3) is 11.3 Å². The predicted octanol–water partition coefficient (Wildman–Crippen LogP) is 6.19. The molecule has 0 radical (unpaired) electrons. The van der Waals surface area contributed by atoms with E-state index in [1.54, 1.807) is 6.07 Å². The van der Waals surface area contributed by atoms with Gasteiger partial charge in [-0.15, -0.1) is 5.11 Å². The fraction of sp³-hybridized carbons (Fsp3) is 0.217. The van der Waals surface area contributed by atoms with Gasteiger partial charge in [-0.3, -0.25) is 4.79 Å². The van der Waals surface area contributed by atoms with Gasteiger partial charge in [0.25, 0.3) is 5.91 Å². The summed E-state index contributed by atoms with van der Waals surface area (Å²) < 4.78 is 34.4. The maximum atomic E-state index is 14.4. The summed E-state index contributed by atoms with van der Waals surface area (Å²) in [7, 11) is 0. The van der Waals surface area contributed by atoms with Crippen LogP contribution in [-0.4, -0.2) is 17.0 Å². The number of nitrogen functional groups attached to an aromatic ring is 1. The first-order valence-corrected chi connectivity index (χ1v) is 10.1. The molecule has 1 unspecified atom stereocenters. The van der Waals surface area contributed by atoms with Crippen molar-refractivity contribution < 1.29 is 21.2 Å². The predicted molar refractivity (Wildman–Crippen MR) is 120 cm³/mol. The first-order chi connectivity index (χ1) is 15.4. The number of amides is 1. The molecule has 0 spiro atoms. The molecule has 0 saturated heterocycles. The zero-order valence-corrected chi connectivity index (χ0v) is 17.2. The Bertz CT molecular complexity index is 1210. The third-order valence-corrected chi connectivity index (χ3v) is 5.31. The van der Waals surface area contributed by atoms with Crippen LogP contribution in [0.2, 0.25) is 0 Å². The van der Waals surface area contributed by atoms with Crippen molar-refractivity contribution in [3.63, 3.8) is 0 Å². The third-order valence-electron chi connectivity index (χ3n) is 5.31. The average molecular weight is 441 g/mol. The van der Waals surface area contributed by atoms with Crippen molar-refractivity contribution in [2.24, 2.45) is 11.0 Å². The quantitative estimate of drug-likeness (QED) is 0.379. The number of halogens is 2. The maximum absolute atomic E-state index is 14.4. The van der Waals surface area contributed by atoms with Crippen LogP contribution in [0.1, 0.15) is 33.0 Å². The number of nitrogens with zero attached hydrogens (tertiary/aromatic N) is 2. The zero-order chi connectivity index (χ0) is 22.8. The summed E-state index contributed by atoms with van der Waals surface area (Å²) in [6.45, 7) is 1.90. The van der Waals surface area contributed by atoms with Gasteiger partial charge in [-0.25, -0.2) is 19.3 Å². The van der Waals surface area contributed by atoms with E-state index >= 15 is 0 Å². The molecule has 2 aromatic carbocycles. The molecule has 1 heterocycles. The van der Waals surface area contributed by atoms with E-state index in [9.17, 15) is 13.6 Å². The minimum atomic E-state index is -0.746. The van der Waals surface area contributed by atoms with Gasteiger partial charge in [-0.1, -0.05) is 0 Å². The summed E-state index contributed by atoms with van der Waals surface area (Å²) in [5.41, 5.74) is 13.8. The number of pyridine rings is 1. The Kier molecular flexibility index (Phi) is 5.81. The van der Waals surface area contributed by atoms with Gasteiger partial charge in [0.2, 0.25) is 0 Å². The number of benzene rings is 2. The topological polar surface area (TPSA) is 113 Å².